The molecule has 5 nitrogen and oxygen atoms in total. The number of carbonyl (C=O) groups is 1. The molecule has 0 unspecified atom stereocenters. The maximum Gasteiger partial charge on any atom is 0.286 e. The van der Waals surface area contributed by atoms with E-state index in [1.807, 2.05) is 12.1 Å². The van der Waals surface area contributed by atoms with Crippen molar-refractivity contribution in [3.63, 3.8) is 0 Å². The number of amides is 1. The number of benzene rings is 2. The number of para-hydroxylation sites is 2. The van der Waals surface area contributed by atoms with Crippen molar-refractivity contribution >= 4 is 38.4 Å². The summed E-state index contributed by atoms with van der Waals surface area (Å²) in [5.74, 6) is 0.00109. The lowest BCUT2D eigenvalue weighted by molar-refractivity contribution is -0.661. The summed E-state index contributed by atoms with van der Waals surface area (Å²) in [5, 5.41) is 5.35. The predicted molar refractivity (Wildman–Crippen MR) is 115 cm³/mol. The number of fused-ring (bicyclic) bond motifs is 2. The third-order valence-corrected chi connectivity index (χ3v) is 6.25. The fourth-order valence-corrected chi connectivity index (χ4v) is 4.81. The van der Waals surface area contributed by atoms with E-state index < -0.39 is 0 Å². The fraction of sp³-hybridized carbons (Fsp3) is 0.261. The van der Waals surface area contributed by atoms with E-state index in [4.69, 9.17) is 4.74 Å². The molecule has 1 N–H and O–H groups in total. The summed E-state index contributed by atoms with van der Waals surface area (Å²) >= 11 is 1.75. The molecule has 0 bridgehead atoms. The predicted octanol–water partition coefficient (Wildman–Crippen LogP) is 2.52. The van der Waals surface area contributed by atoms with Gasteiger partial charge in [0.05, 0.1) is 18.4 Å². The fourth-order valence-electron chi connectivity index (χ4n) is 3.62. The molecule has 2 heterocycles. The van der Waals surface area contributed by atoms with E-state index in [1.165, 1.54) is 26.2 Å². The minimum atomic E-state index is 0.00109. The molecule has 0 saturated heterocycles. The number of hydrogen-bond donors (Lipinski definition) is 1. The molecule has 148 valence electrons. The number of methoxy groups -OCH3 is 1. The molecule has 0 spiro atoms. The normalized spacial score (nSPS) is 11.2. The van der Waals surface area contributed by atoms with Crippen molar-refractivity contribution in [2.75, 3.05) is 20.3 Å². The van der Waals surface area contributed by atoms with Gasteiger partial charge in [0.1, 0.15) is 11.7 Å². The molecule has 2 aromatic carbocycles. The summed E-state index contributed by atoms with van der Waals surface area (Å²) in [6, 6.07) is 18.9. The highest BCUT2D eigenvalue weighted by Crippen LogP contribution is 2.24. The zero-order chi connectivity index (χ0) is 20.2. The van der Waals surface area contributed by atoms with Crippen molar-refractivity contribution in [3.05, 3.63) is 71.4 Å². The molecule has 4 rings (SSSR count). The van der Waals surface area contributed by atoms with Crippen molar-refractivity contribution in [1.29, 1.82) is 0 Å². The second kappa shape index (κ2) is 8.68. The van der Waals surface area contributed by atoms with Crippen LogP contribution >= 0.6 is 11.3 Å². The second-order valence-corrected chi connectivity index (χ2v) is 8.15. The van der Waals surface area contributed by atoms with Crippen molar-refractivity contribution in [3.8, 4) is 0 Å². The van der Waals surface area contributed by atoms with Crippen LogP contribution in [-0.4, -0.2) is 26.2 Å². The zero-order valence-corrected chi connectivity index (χ0v) is 17.5. The number of nitrogens with zero attached hydrogens (tertiary/aromatic N) is 2. The monoisotopic (exact) mass is 407 g/mol. The Kier molecular flexibility index (Phi) is 5.83. The second-order valence-electron chi connectivity index (χ2n) is 7.04. The van der Waals surface area contributed by atoms with Gasteiger partial charge in [-0.25, -0.2) is 4.57 Å². The van der Waals surface area contributed by atoms with Crippen LogP contribution in [0.25, 0.3) is 21.1 Å². The lowest BCUT2D eigenvalue weighted by Crippen LogP contribution is -2.45. The molecule has 2 aromatic heterocycles. The van der Waals surface area contributed by atoms with Crippen LogP contribution in [-0.2, 0) is 29.5 Å². The van der Waals surface area contributed by atoms with E-state index in [2.05, 4.69) is 70.2 Å². The zero-order valence-electron chi connectivity index (χ0n) is 16.7. The van der Waals surface area contributed by atoms with Gasteiger partial charge in [-0.2, -0.15) is 4.57 Å². The van der Waals surface area contributed by atoms with Crippen LogP contribution in [0.5, 0.6) is 0 Å². The molecule has 1 amide bonds. The Bertz CT molecular complexity index is 1170. The molecule has 29 heavy (non-hydrogen) atoms. The van der Waals surface area contributed by atoms with Crippen LogP contribution in [0, 0.1) is 0 Å². The van der Waals surface area contributed by atoms with E-state index in [9.17, 15) is 4.79 Å². The molecular formula is C23H25N3O2S+2. The Morgan fingerprint density at radius 2 is 1.83 bits per heavy atom. The maximum absolute atomic E-state index is 12.5. The number of thiazole rings is 1. The van der Waals surface area contributed by atoms with E-state index >= 15 is 0 Å². The van der Waals surface area contributed by atoms with Crippen LogP contribution in [0.2, 0.25) is 0 Å². The summed E-state index contributed by atoms with van der Waals surface area (Å²) < 4.78 is 10.5. The molecule has 0 aliphatic carbocycles. The third kappa shape index (κ3) is 4.13. The van der Waals surface area contributed by atoms with E-state index in [0.29, 0.717) is 19.7 Å². The Morgan fingerprint density at radius 3 is 2.66 bits per heavy atom. The Balaban J connectivity index is 1.71. The highest BCUT2D eigenvalue weighted by molar-refractivity contribution is 7.18. The molecule has 0 fully saturated rings. The number of ether oxygens (including phenoxy) is 1. The average molecular weight is 408 g/mol. The number of pyridine rings is 1. The van der Waals surface area contributed by atoms with Crippen molar-refractivity contribution in [2.24, 2.45) is 7.05 Å². The lowest BCUT2D eigenvalue weighted by atomic mass is 10.1. The van der Waals surface area contributed by atoms with Crippen LogP contribution in [0.15, 0.2) is 60.8 Å². The Labute approximate surface area is 174 Å². The number of hydrogen-bond acceptors (Lipinski definition) is 3. The largest absolute Gasteiger partial charge is 0.383 e. The van der Waals surface area contributed by atoms with Gasteiger partial charge in [-0.1, -0.05) is 35.6 Å². The lowest BCUT2D eigenvalue weighted by Gasteiger charge is -2.05. The Morgan fingerprint density at radius 1 is 1.07 bits per heavy atom. The van der Waals surface area contributed by atoms with Crippen LogP contribution < -0.4 is 14.5 Å². The number of carbonyl (C=O) groups excluding carboxylic acids is 1. The first-order chi connectivity index (χ1) is 14.2. The summed E-state index contributed by atoms with van der Waals surface area (Å²) in [4.78, 5) is 12.5. The molecule has 0 atom stereocenters. The molecule has 0 aliphatic rings. The van der Waals surface area contributed by atoms with Crippen LogP contribution in [0.4, 0.5) is 0 Å². The van der Waals surface area contributed by atoms with Gasteiger partial charge in [0, 0.05) is 31.9 Å². The molecule has 4 aromatic rings. The maximum atomic E-state index is 12.5. The van der Waals surface area contributed by atoms with Gasteiger partial charge in [0.2, 0.25) is 22.6 Å². The average Bonchev–Trinajstić information content (AvgIpc) is 3.07. The first-order valence-corrected chi connectivity index (χ1v) is 10.5. The quantitative estimate of drug-likeness (QED) is 0.378. The molecule has 6 heteroatoms. The van der Waals surface area contributed by atoms with Gasteiger partial charge < -0.3 is 10.1 Å². The number of rotatable bonds is 7. The van der Waals surface area contributed by atoms with E-state index in [-0.39, 0.29) is 5.91 Å². The number of aromatic nitrogens is 2. The van der Waals surface area contributed by atoms with Gasteiger partial charge in [0.25, 0.3) is 5.91 Å². The first-order valence-electron chi connectivity index (χ1n) is 9.69. The third-order valence-electron chi connectivity index (χ3n) is 5.09. The minimum absolute atomic E-state index is 0.00109. The standard InChI is InChI=1S/C23H24N3O2S/c1-25-13-11-17(18-7-3-4-8-19(18)25)15-23-26(16-22(27)24-12-14-28-2)20-9-5-6-10-21(20)29-23/h3-11,13H,12,14-16H2,1-2H3/q+1/p+1. The van der Waals surface area contributed by atoms with Crippen molar-refractivity contribution in [2.45, 2.75) is 13.0 Å². The van der Waals surface area contributed by atoms with Gasteiger partial charge in [-0.3, -0.25) is 4.79 Å². The van der Waals surface area contributed by atoms with Crippen molar-refractivity contribution < 1.29 is 18.7 Å². The molecule has 0 saturated carbocycles. The molecule has 0 aliphatic heterocycles. The number of nitrogens with one attached hydrogen (secondary N) is 1. The topological polar surface area (TPSA) is 46.1 Å². The smallest absolute Gasteiger partial charge is 0.286 e. The first kappa shape index (κ1) is 19.5. The van der Waals surface area contributed by atoms with Crippen LogP contribution in [0.1, 0.15) is 10.6 Å². The minimum Gasteiger partial charge on any atom is -0.383 e. The van der Waals surface area contributed by atoms with Gasteiger partial charge in [-0.15, -0.1) is 0 Å². The van der Waals surface area contributed by atoms with Crippen LogP contribution in [0.3, 0.4) is 0 Å². The van der Waals surface area contributed by atoms with Crippen molar-refractivity contribution in [1.82, 2.24) is 5.32 Å². The highest BCUT2D eigenvalue weighted by atomic mass is 32.1. The van der Waals surface area contributed by atoms with E-state index in [0.717, 1.165) is 11.9 Å². The molecule has 0 radical (unpaired) electrons. The highest BCUT2D eigenvalue weighted by Gasteiger charge is 2.24. The summed E-state index contributed by atoms with van der Waals surface area (Å²) in [5.41, 5.74) is 3.56. The van der Waals surface area contributed by atoms with E-state index in [1.54, 1.807) is 18.4 Å². The SMILES string of the molecule is COCCNC(=O)C[n+]1c(Cc2cc[n+](C)c3ccccc23)sc2ccccc21. The molecular weight excluding hydrogens is 382 g/mol. The number of aryl methyl sites for hydroxylation is 1. The summed E-state index contributed by atoms with van der Waals surface area (Å²) in [6.45, 7) is 1.34. The van der Waals surface area contributed by atoms with Gasteiger partial charge in [0.15, 0.2) is 6.20 Å². The van der Waals surface area contributed by atoms with Gasteiger partial charge >= 0.3 is 0 Å². The van der Waals surface area contributed by atoms with Gasteiger partial charge in [-0.05, 0) is 17.7 Å². The summed E-state index contributed by atoms with van der Waals surface area (Å²) in [7, 11) is 3.70. The summed E-state index contributed by atoms with van der Waals surface area (Å²) in [6.07, 6.45) is 2.89. The Hall–Kier alpha value is -2.83.